The summed E-state index contributed by atoms with van der Waals surface area (Å²) in [5, 5.41) is 8.29. The number of hydrogen-bond acceptors (Lipinski definition) is 5. The van der Waals surface area contributed by atoms with Crippen molar-refractivity contribution in [2.75, 3.05) is 5.32 Å². The normalized spacial score (nSPS) is 10.7. The number of nitrogens with one attached hydrogen (secondary N) is 1. The summed E-state index contributed by atoms with van der Waals surface area (Å²) in [5.41, 5.74) is 0.967. The topological polar surface area (TPSA) is 68.0 Å². The predicted molar refractivity (Wildman–Crippen MR) is 97.4 cm³/mol. The van der Waals surface area contributed by atoms with Crippen LogP contribution in [0, 0.1) is 11.6 Å². The Balaban J connectivity index is 1.60. The van der Waals surface area contributed by atoms with E-state index in [1.807, 2.05) is 0 Å². The number of anilines is 1. The summed E-state index contributed by atoms with van der Waals surface area (Å²) in [7, 11) is 0. The molecule has 1 amide bonds. The van der Waals surface area contributed by atoms with Crippen molar-refractivity contribution in [2.24, 2.45) is 0 Å². The number of aromatic nitrogens is 2. The van der Waals surface area contributed by atoms with Gasteiger partial charge in [-0.1, -0.05) is 17.3 Å². The van der Waals surface area contributed by atoms with Crippen LogP contribution in [0.25, 0.3) is 22.2 Å². The van der Waals surface area contributed by atoms with Crippen molar-refractivity contribution in [3.8, 4) is 22.2 Å². The second-order valence-corrected chi connectivity index (χ2v) is 6.44. The summed E-state index contributed by atoms with van der Waals surface area (Å²) in [6.07, 6.45) is 0. The Morgan fingerprint density at radius 2 is 1.81 bits per heavy atom. The molecule has 0 spiro atoms. The third-order valence-electron chi connectivity index (χ3n) is 3.75. The van der Waals surface area contributed by atoms with Crippen LogP contribution < -0.4 is 5.32 Å². The highest BCUT2D eigenvalue weighted by Crippen LogP contribution is 2.34. The largest absolute Gasteiger partial charge is 0.333 e. The number of carbonyl (C=O) groups excluding carboxylic acids is 1. The van der Waals surface area contributed by atoms with Crippen molar-refractivity contribution in [3.63, 3.8) is 0 Å². The first-order valence-corrected chi connectivity index (χ1v) is 8.73. The number of thiophene rings is 1. The molecule has 0 bridgehead atoms. The third kappa shape index (κ3) is 3.47. The van der Waals surface area contributed by atoms with Gasteiger partial charge in [-0.3, -0.25) is 4.79 Å². The van der Waals surface area contributed by atoms with E-state index >= 15 is 0 Å². The number of hydrogen-bond donors (Lipinski definition) is 1. The van der Waals surface area contributed by atoms with Gasteiger partial charge in [-0.15, -0.1) is 11.3 Å². The molecule has 2 aromatic carbocycles. The second kappa shape index (κ2) is 7.08. The molecule has 4 aromatic rings. The van der Waals surface area contributed by atoms with Crippen LogP contribution in [0.4, 0.5) is 14.5 Å². The van der Waals surface area contributed by atoms with Crippen molar-refractivity contribution in [1.29, 1.82) is 0 Å². The van der Waals surface area contributed by atoms with Gasteiger partial charge in [0.2, 0.25) is 5.82 Å². The van der Waals surface area contributed by atoms with Gasteiger partial charge < -0.3 is 9.84 Å². The fourth-order valence-electron chi connectivity index (χ4n) is 2.44. The molecule has 0 saturated carbocycles. The van der Waals surface area contributed by atoms with E-state index in [4.69, 9.17) is 4.52 Å². The van der Waals surface area contributed by atoms with Crippen LogP contribution in [-0.2, 0) is 0 Å². The van der Waals surface area contributed by atoms with Gasteiger partial charge in [-0.2, -0.15) is 4.98 Å². The minimum atomic E-state index is -0.608. The summed E-state index contributed by atoms with van der Waals surface area (Å²) in [6.45, 7) is 0. The summed E-state index contributed by atoms with van der Waals surface area (Å²) in [6, 6.07) is 13.1. The lowest BCUT2D eigenvalue weighted by atomic mass is 10.2. The number of rotatable bonds is 4. The van der Waals surface area contributed by atoms with E-state index in [0.717, 1.165) is 0 Å². The third-order valence-corrected chi connectivity index (χ3v) is 4.66. The average molecular weight is 383 g/mol. The predicted octanol–water partition coefficient (Wildman–Crippen LogP) is 5.00. The van der Waals surface area contributed by atoms with Gasteiger partial charge in [-0.05, 0) is 47.8 Å². The van der Waals surface area contributed by atoms with Gasteiger partial charge in [0.05, 0.1) is 11.3 Å². The first-order chi connectivity index (χ1) is 13.1. The summed E-state index contributed by atoms with van der Waals surface area (Å²) in [4.78, 5) is 17.2. The SMILES string of the molecule is O=C(Nc1ccsc1-c1nc(-c2ccc(F)cc2)no1)c1ccccc1F. The molecule has 1 N–H and O–H groups in total. The van der Waals surface area contributed by atoms with E-state index in [0.29, 0.717) is 22.0 Å². The van der Waals surface area contributed by atoms with E-state index in [-0.39, 0.29) is 17.3 Å². The second-order valence-electron chi connectivity index (χ2n) is 5.53. The van der Waals surface area contributed by atoms with Crippen LogP contribution in [0.15, 0.2) is 64.5 Å². The minimum Gasteiger partial charge on any atom is -0.333 e. The lowest BCUT2D eigenvalue weighted by molar-refractivity contribution is 0.102. The maximum absolute atomic E-state index is 13.8. The molecule has 0 fully saturated rings. The Morgan fingerprint density at radius 3 is 2.59 bits per heavy atom. The maximum Gasteiger partial charge on any atom is 0.270 e. The highest BCUT2D eigenvalue weighted by molar-refractivity contribution is 7.14. The van der Waals surface area contributed by atoms with E-state index < -0.39 is 11.7 Å². The molecule has 4 rings (SSSR count). The van der Waals surface area contributed by atoms with Crippen molar-refractivity contribution in [1.82, 2.24) is 10.1 Å². The molecule has 0 radical (unpaired) electrons. The highest BCUT2D eigenvalue weighted by Gasteiger charge is 2.19. The lowest BCUT2D eigenvalue weighted by Gasteiger charge is -2.05. The van der Waals surface area contributed by atoms with Crippen LogP contribution in [0.2, 0.25) is 0 Å². The molecule has 0 unspecified atom stereocenters. The fourth-order valence-corrected chi connectivity index (χ4v) is 3.21. The number of carbonyl (C=O) groups is 1. The first-order valence-electron chi connectivity index (χ1n) is 7.85. The molecular formula is C19H11F2N3O2S. The molecular weight excluding hydrogens is 372 g/mol. The quantitative estimate of drug-likeness (QED) is 0.539. The molecule has 134 valence electrons. The van der Waals surface area contributed by atoms with Crippen LogP contribution in [0.5, 0.6) is 0 Å². The van der Waals surface area contributed by atoms with E-state index in [1.165, 1.54) is 41.7 Å². The van der Waals surface area contributed by atoms with Crippen LogP contribution in [0.3, 0.4) is 0 Å². The Bertz CT molecular complexity index is 1110. The zero-order chi connectivity index (χ0) is 18.8. The summed E-state index contributed by atoms with van der Waals surface area (Å²) < 4.78 is 32.1. The number of halogens is 2. The molecule has 2 heterocycles. The van der Waals surface area contributed by atoms with E-state index in [2.05, 4.69) is 15.5 Å². The number of benzene rings is 2. The Kier molecular flexibility index (Phi) is 4.47. The maximum atomic E-state index is 13.8. The highest BCUT2D eigenvalue weighted by atomic mass is 32.1. The van der Waals surface area contributed by atoms with Gasteiger partial charge in [0.15, 0.2) is 0 Å². The van der Waals surface area contributed by atoms with Gasteiger partial charge in [0.1, 0.15) is 16.5 Å². The number of nitrogens with zero attached hydrogens (tertiary/aromatic N) is 2. The van der Waals surface area contributed by atoms with Gasteiger partial charge in [0, 0.05) is 5.56 Å². The fraction of sp³-hybridized carbons (Fsp3) is 0. The summed E-state index contributed by atoms with van der Waals surface area (Å²) >= 11 is 1.29. The zero-order valence-corrected chi connectivity index (χ0v) is 14.5. The van der Waals surface area contributed by atoms with Gasteiger partial charge >= 0.3 is 0 Å². The van der Waals surface area contributed by atoms with E-state index in [1.54, 1.807) is 29.6 Å². The molecule has 5 nitrogen and oxygen atoms in total. The molecule has 0 aliphatic rings. The number of amides is 1. The molecule has 0 aliphatic carbocycles. The molecule has 0 aliphatic heterocycles. The first kappa shape index (κ1) is 17.0. The van der Waals surface area contributed by atoms with Crippen LogP contribution in [0.1, 0.15) is 10.4 Å². The monoisotopic (exact) mass is 383 g/mol. The van der Waals surface area contributed by atoms with E-state index in [9.17, 15) is 13.6 Å². The molecule has 27 heavy (non-hydrogen) atoms. The van der Waals surface area contributed by atoms with Crippen molar-refractivity contribution in [2.45, 2.75) is 0 Å². The standard InChI is InChI=1S/C19H11F2N3O2S/c20-12-7-5-11(6-8-12)17-23-19(26-24-17)16-15(9-10-27-16)22-18(25)13-3-1-2-4-14(13)21/h1-10H,(H,22,25). The van der Waals surface area contributed by atoms with Gasteiger partial charge in [0.25, 0.3) is 11.8 Å². The zero-order valence-electron chi connectivity index (χ0n) is 13.6. The average Bonchev–Trinajstić information content (AvgIpc) is 3.32. The molecule has 2 aromatic heterocycles. The van der Waals surface area contributed by atoms with Gasteiger partial charge in [-0.25, -0.2) is 8.78 Å². The lowest BCUT2D eigenvalue weighted by Crippen LogP contribution is -2.13. The smallest absolute Gasteiger partial charge is 0.270 e. The molecule has 0 saturated heterocycles. The van der Waals surface area contributed by atoms with Crippen molar-refractivity contribution in [3.05, 3.63) is 77.2 Å². The van der Waals surface area contributed by atoms with Crippen molar-refractivity contribution < 1.29 is 18.1 Å². The Hall–Kier alpha value is -3.39. The Morgan fingerprint density at radius 1 is 1.04 bits per heavy atom. The minimum absolute atomic E-state index is 0.0628. The van der Waals surface area contributed by atoms with Crippen molar-refractivity contribution >= 4 is 22.9 Å². The summed E-state index contributed by atoms with van der Waals surface area (Å²) in [5.74, 6) is -1.05. The molecule has 8 heteroatoms. The Labute approximate surface area is 156 Å². The molecule has 0 atom stereocenters. The van der Waals surface area contributed by atoms with Crippen LogP contribution in [-0.4, -0.2) is 16.0 Å². The van der Waals surface area contributed by atoms with Crippen LogP contribution >= 0.6 is 11.3 Å².